The van der Waals surface area contributed by atoms with Crippen molar-refractivity contribution in [1.82, 2.24) is 14.7 Å². The molecular formula is C16H19N3O3S. The fourth-order valence-electron chi connectivity index (χ4n) is 2.73. The number of allylic oxidation sites excluding steroid dienone is 2. The number of carbonyl (C=O) groups is 1. The van der Waals surface area contributed by atoms with Crippen molar-refractivity contribution in [3.8, 4) is 10.8 Å². The molecule has 0 unspecified atom stereocenters. The van der Waals surface area contributed by atoms with Crippen LogP contribution in [0.5, 0.6) is 0 Å². The smallest absolute Gasteiger partial charge is 0.387 e. The molecule has 0 aliphatic heterocycles. The number of hydrogen-bond acceptors (Lipinski definition) is 5. The van der Waals surface area contributed by atoms with Gasteiger partial charge in [-0.2, -0.15) is 4.68 Å². The largest absolute Gasteiger partial charge is 0.437 e. The minimum Gasteiger partial charge on any atom is -0.387 e. The third-order valence-corrected chi connectivity index (χ3v) is 4.71. The van der Waals surface area contributed by atoms with Crippen molar-refractivity contribution in [1.29, 1.82) is 0 Å². The monoisotopic (exact) mass is 333 g/mol. The van der Waals surface area contributed by atoms with Gasteiger partial charge >= 0.3 is 5.76 Å². The van der Waals surface area contributed by atoms with Crippen molar-refractivity contribution in [2.24, 2.45) is 0 Å². The molecule has 0 fully saturated rings. The van der Waals surface area contributed by atoms with E-state index in [0.717, 1.165) is 34.5 Å². The van der Waals surface area contributed by atoms with E-state index in [2.05, 4.69) is 11.2 Å². The number of thiophene rings is 1. The quantitative estimate of drug-likeness (QED) is 0.844. The van der Waals surface area contributed by atoms with E-state index < -0.39 is 5.76 Å². The zero-order valence-corrected chi connectivity index (χ0v) is 13.8. The molecule has 0 N–H and O–H groups in total. The van der Waals surface area contributed by atoms with E-state index in [-0.39, 0.29) is 18.3 Å². The molecule has 0 spiro atoms. The molecule has 1 aliphatic rings. The lowest BCUT2D eigenvalue weighted by Crippen LogP contribution is -2.36. The van der Waals surface area contributed by atoms with Gasteiger partial charge in [0.25, 0.3) is 5.89 Å². The van der Waals surface area contributed by atoms with Gasteiger partial charge in [-0.1, -0.05) is 12.1 Å². The van der Waals surface area contributed by atoms with Crippen LogP contribution in [0.25, 0.3) is 10.8 Å². The maximum Gasteiger partial charge on any atom is 0.437 e. The van der Waals surface area contributed by atoms with Crippen molar-refractivity contribution in [3.05, 3.63) is 39.8 Å². The molecule has 0 aromatic carbocycles. The Kier molecular flexibility index (Phi) is 4.76. The van der Waals surface area contributed by atoms with Gasteiger partial charge in [0.05, 0.1) is 4.88 Å². The Balaban J connectivity index is 1.77. The predicted molar refractivity (Wildman–Crippen MR) is 88.0 cm³/mol. The van der Waals surface area contributed by atoms with Gasteiger partial charge in [-0.05, 0) is 44.1 Å². The molecule has 0 bridgehead atoms. The highest BCUT2D eigenvalue weighted by Crippen LogP contribution is 2.22. The Morgan fingerprint density at radius 3 is 3.00 bits per heavy atom. The fraction of sp³-hybridized carbons (Fsp3) is 0.438. The van der Waals surface area contributed by atoms with Crippen LogP contribution in [-0.2, 0) is 11.3 Å². The second-order valence-corrected chi connectivity index (χ2v) is 6.34. The highest BCUT2D eigenvalue weighted by Gasteiger charge is 2.20. The number of likely N-dealkylation sites (N-methyl/N-ethyl adjacent to an activating group) is 1. The summed E-state index contributed by atoms with van der Waals surface area (Å²) in [4.78, 5) is 27.0. The molecule has 2 heterocycles. The van der Waals surface area contributed by atoms with E-state index in [9.17, 15) is 9.59 Å². The summed E-state index contributed by atoms with van der Waals surface area (Å²) >= 11 is 1.44. The van der Waals surface area contributed by atoms with E-state index in [1.165, 1.54) is 17.8 Å². The number of nitrogens with zero attached hydrogens (tertiary/aromatic N) is 3. The molecular weight excluding hydrogens is 314 g/mol. The summed E-state index contributed by atoms with van der Waals surface area (Å²) in [6.45, 7) is 2.43. The molecule has 122 valence electrons. The fourth-order valence-corrected chi connectivity index (χ4v) is 3.37. The van der Waals surface area contributed by atoms with E-state index in [1.54, 1.807) is 4.90 Å². The predicted octanol–water partition coefficient (Wildman–Crippen LogP) is 2.87. The summed E-state index contributed by atoms with van der Waals surface area (Å²) in [5.74, 6) is -0.470. The second-order valence-electron chi connectivity index (χ2n) is 5.39. The van der Waals surface area contributed by atoms with Crippen LogP contribution in [0.15, 0.2) is 38.5 Å². The van der Waals surface area contributed by atoms with Crippen LogP contribution in [0.4, 0.5) is 0 Å². The lowest BCUT2D eigenvalue weighted by Gasteiger charge is -2.26. The van der Waals surface area contributed by atoms with Gasteiger partial charge in [-0.3, -0.25) is 4.79 Å². The first-order chi connectivity index (χ1) is 11.2. The lowest BCUT2D eigenvalue weighted by molar-refractivity contribution is -0.130. The third kappa shape index (κ3) is 3.44. The summed E-state index contributed by atoms with van der Waals surface area (Å²) < 4.78 is 6.24. The van der Waals surface area contributed by atoms with E-state index >= 15 is 0 Å². The van der Waals surface area contributed by atoms with Gasteiger partial charge in [0, 0.05) is 12.2 Å². The molecule has 3 rings (SSSR count). The van der Waals surface area contributed by atoms with Gasteiger partial charge in [0.2, 0.25) is 5.91 Å². The Morgan fingerprint density at radius 1 is 1.48 bits per heavy atom. The van der Waals surface area contributed by atoms with E-state index in [4.69, 9.17) is 4.42 Å². The van der Waals surface area contributed by atoms with Crippen molar-refractivity contribution in [2.75, 3.05) is 6.54 Å². The molecule has 0 atom stereocenters. The first-order valence-electron chi connectivity index (χ1n) is 7.80. The molecule has 1 aliphatic carbocycles. The van der Waals surface area contributed by atoms with Crippen molar-refractivity contribution < 1.29 is 9.21 Å². The number of carbonyl (C=O) groups excluding carboxylic acids is 1. The number of hydrogen-bond donors (Lipinski definition) is 0. The van der Waals surface area contributed by atoms with Gasteiger partial charge in [0.15, 0.2) is 0 Å². The minimum atomic E-state index is -0.601. The van der Waals surface area contributed by atoms with Crippen LogP contribution < -0.4 is 5.76 Å². The standard InChI is InChI=1S/C16H19N3O3S/c1-2-18(12-7-4-3-5-8-12)14(20)11-19-16(21)22-15(17-19)13-9-6-10-23-13/h6-7,9-10H,2-5,8,11H2,1H3. The highest BCUT2D eigenvalue weighted by molar-refractivity contribution is 7.13. The van der Waals surface area contributed by atoms with Crippen LogP contribution in [0.3, 0.4) is 0 Å². The van der Waals surface area contributed by atoms with Gasteiger partial charge in [-0.25, -0.2) is 4.79 Å². The molecule has 0 saturated carbocycles. The summed E-state index contributed by atoms with van der Waals surface area (Å²) in [6, 6.07) is 3.69. The maximum absolute atomic E-state index is 12.5. The number of aromatic nitrogens is 2. The highest BCUT2D eigenvalue weighted by atomic mass is 32.1. The molecule has 0 saturated heterocycles. The molecule has 1 amide bonds. The Hall–Kier alpha value is -2.15. The SMILES string of the molecule is CCN(C(=O)Cn1nc(-c2cccs2)oc1=O)C1=CCCCC1. The van der Waals surface area contributed by atoms with Crippen LogP contribution in [-0.4, -0.2) is 27.1 Å². The molecule has 6 nitrogen and oxygen atoms in total. The molecule has 23 heavy (non-hydrogen) atoms. The topological polar surface area (TPSA) is 68.3 Å². The third-order valence-electron chi connectivity index (χ3n) is 3.85. The summed E-state index contributed by atoms with van der Waals surface area (Å²) in [6.07, 6.45) is 6.30. The van der Waals surface area contributed by atoms with Gasteiger partial charge in [-0.15, -0.1) is 16.4 Å². The maximum atomic E-state index is 12.5. The van der Waals surface area contributed by atoms with Crippen LogP contribution >= 0.6 is 11.3 Å². The zero-order valence-electron chi connectivity index (χ0n) is 13.0. The number of rotatable bonds is 5. The summed E-state index contributed by atoms with van der Waals surface area (Å²) in [5.41, 5.74) is 1.05. The van der Waals surface area contributed by atoms with Crippen molar-refractivity contribution >= 4 is 17.2 Å². The van der Waals surface area contributed by atoms with Crippen molar-refractivity contribution in [3.63, 3.8) is 0 Å². The average molecular weight is 333 g/mol. The lowest BCUT2D eigenvalue weighted by atomic mass is 10.0. The second kappa shape index (κ2) is 6.95. The summed E-state index contributed by atoms with van der Waals surface area (Å²) in [7, 11) is 0. The first kappa shape index (κ1) is 15.7. The van der Waals surface area contributed by atoms with Crippen LogP contribution in [0.1, 0.15) is 32.6 Å². The Labute approximate surface area is 138 Å². The zero-order chi connectivity index (χ0) is 16.2. The van der Waals surface area contributed by atoms with E-state index in [1.807, 2.05) is 24.4 Å². The Bertz CT molecular complexity index is 758. The van der Waals surface area contributed by atoms with Crippen molar-refractivity contribution in [2.45, 2.75) is 39.2 Å². The summed E-state index contributed by atoms with van der Waals surface area (Å²) in [5, 5.41) is 6.02. The first-order valence-corrected chi connectivity index (χ1v) is 8.68. The Morgan fingerprint density at radius 2 is 2.35 bits per heavy atom. The van der Waals surface area contributed by atoms with E-state index in [0.29, 0.717) is 6.54 Å². The normalized spacial score (nSPS) is 14.6. The van der Waals surface area contributed by atoms with Gasteiger partial charge < -0.3 is 9.32 Å². The molecule has 2 aromatic rings. The van der Waals surface area contributed by atoms with Crippen LogP contribution in [0, 0.1) is 0 Å². The molecule has 0 radical (unpaired) electrons. The number of amides is 1. The average Bonchev–Trinajstić information content (AvgIpc) is 3.20. The molecule has 2 aromatic heterocycles. The minimum absolute atomic E-state index is 0.0983. The van der Waals surface area contributed by atoms with Crippen LogP contribution in [0.2, 0.25) is 0 Å². The van der Waals surface area contributed by atoms with Gasteiger partial charge in [0.1, 0.15) is 6.54 Å². The molecule has 7 heteroatoms.